The maximum atomic E-state index is 5.09. The number of hydrogen-bond acceptors (Lipinski definition) is 4. The minimum absolute atomic E-state index is 0.759. The summed E-state index contributed by atoms with van der Waals surface area (Å²) in [4.78, 5) is 0. The van der Waals surface area contributed by atoms with Crippen LogP contribution < -0.4 is 0 Å². The van der Waals surface area contributed by atoms with E-state index in [1.807, 2.05) is 35.3 Å². The molecule has 64 valence electrons. The minimum atomic E-state index is 0.759. The molecule has 0 nitrogen and oxygen atoms in total. The van der Waals surface area contributed by atoms with E-state index in [1.165, 1.54) is 11.5 Å². The third-order valence-corrected chi connectivity index (χ3v) is 5.90. The molecule has 1 aliphatic heterocycles. The summed E-state index contributed by atoms with van der Waals surface area (Å²) in [7, 11) is 0. The van der Waals surface area contributed by atoms with Crippen molar-refractivity contribution < 1.29 is 0 Å². The monoisotopic (exact) mass is 224 g/mol. The van der Waals surface area contributed by atoms with E-state index in [0.29, 0.717) is 0 Å². The standard InChI is InChI=1S/C7H12S4/c1-5(2)9-3-6-4-10-7(8)11-6/h5-6H,3-4H2,1-2H3. The maximum Gasteiger partial charge on any atom is 0.104 e. The van der Waals surface area contributed by atoms with Gasteiger partial charge in [0, 0.05) is 16.8 Å². The molecule has 1 rings (SSSR count). The number of hydrogen-bond donors (Lipinski definition) is 0. The van der Waals surface area contributed by atoms with Crippen LogP contribution in [0.3, 0.4) is 0 Å². The third kappa shape index (κ3) is 4.06. The summed E-state index contributed by atoms with van der Waals surface area (Å²) in [6.45, 7) is 4.49. The van der Waals surface area contributed by atoms with Gasteiger partial charge < -0.3 is 0 Å². The number of thiocarbonyl (C=S) groups is 1. The second kappa shape index (κ2) is 5.00. The van der Waals surface area contributed by atoms with Crippen molar-refractivity contribution in [1.29, 1.82) is 0 Å². The molecule has 11 heavy (non-hydrogen) atoms. The van der Waals surface area contributed by atoms with Crippen LogP contribution in [0.25, 0.3) is 0 Å². The van der Waals surface area contributed by atoms with Crippen LogP contribution >= 0.6 is 47.5 Å². The Morgan fingerprint density at radius 1 is 1.73 bits per heavy atom. The molecule has 0 aromatic rings. The van der Waals surface area contributed by atoms with E-state index in [2.05, 4.69) is 13.8 Å². The van der Waals surface area contributed by atoms with Crippen molar-refractivity contribution in [3.8, 4) is 0 Å². The summed E-state index contributed by atoms with van der Waals surface area (Å²) in [5.74, 6) is 2.48. The van der Waals surface area contributed by atoms with E-state index in [4.69, 9.17) is 12.2 Å². The second-order valence-corrected chi connectivity index (χ2v) is 7.82. The van der Waals surface area contributed by atoms with Gasteiger partial charge in [0.05, 0.1) is 0 Å². The van der Waals surface area contributed by atoms with Crippen LogP contribution in [0.5, 0.6) is 0 Å². The van der Waals surface area contributed by atoms with Crippen molar-refractivity contribution in [2.24, 2.45) is 0 Å². The zero-order valence-corrected chi connectivity index (χ0v) is 9.97. The average Bonchev–Trinajstić information content (AvgIpc) is 2.31. The molecular formula is C7H12S4. The first kappa shape index (κ1) is 10.2. The van der Waals surface area contributed by atoms with Gasteiger partial charge in [0.1, 0.15) is 3.53 Å². The summed E-state index contributed by atoms with van der Waals surface area (Å²) < 4.78 is 1.14. The van der Waals surface area contributed by atoms with Gasteiger partial charge in [-0.25, -0.2) is 0 Å². The summed E-state index contributed by atoms with van der Waals surface area (Å²) in [6, 6.07) is 0. The highest BCUT2D eigenvalue weighted by atomic mass is 32.2. The van der Waals surface area contributed by atoms with Gasteiger partial charge >= 0.3 is 0 Å². The van der Waals surface area contributed by atoms with Crippen molar-refractivity contribution >= 4 is 51.0 Å². The lowest BCUT2D eigenvalue weighted by atomic mass is 10.5. The van der Waals surface area contributed by atoms with Gasteiger partial charge in [-0.3, -0.25) is 0 Å². The molecule has 0 bridgehead atoms. The van der Waals surface area contributed by atoms with Crippen molar-refractivity contribution in [3.05, 3.63) is 0 Å². The Morgan fingerprint density at radius 2 is 2.45 bits per heavy atom. The average molecular weight is 224 g/mol. The molecule has 0 saturated carbocycles. The van der Waals surface area contributed by atoms with Crippen LogP contribution in [0.15, 0.2) is 0 Å². The Balaban J connectivity index is 2.13. The fourth-order valence-corrected chi connectivity index (χ4v) is 4.81. The SMILES string of the molecule is CC(C)SCC1CSC(=S)S1. The van der Waals surface area contributed by atoms with E-state index in [1.54, 1.807) is 0 Å². The fraction of sp³-hybridized carbons (Fsp3) is 0.857. The molecular weight excluding hydrogens is 212 g/mol. The van der Waals surface area contributed by atoms with Gasteiger partial charge in [-0.2, -0.15) is 11.8 Å². The zero-order chi connectivity index (χ0) is 8.27. The summed E-state index contributed by atoms with van der Waals surface area (Å²) in [6.07, 6.45) is 0. The van der Waals surface area contributed by atoms with Crippen LogP contribution in [0.4, 0.5) is 0 Å². The lowest BCUT2D eigenvalue weighted by molar-refractivity contribution is 1.09. The molecule has 0 N–H and O–H groups in total. The molecule has 4 heteroatoms. The van der Waals surface area contributed by atoms with E-state index in [9.17, 15) is 0 Å². The molecule has 1 unspecified atom stereocenters. The molecule has 1 saturated heterocycles. The van der Waals surface area contributed by atoms with Crippen molar-refractivity contribution in [2.45, 2.75) is 24.3 Å². The Hall–Kier alpha value is 1.14. The van der Waals surface area contributed by atoms with Gasteiger partial charge in [-0.1, -0.05) is 26.1 Å². The second-order valence-electron chi connectivity index (χ2n) is 2.68. The molecule has 0 aromatic heterocycles. The Bertz CT molecular complexity index is 143. The zero-order valence-electron chi connectivity index (χ0n) is 6.70. The maximum absolute atomic E-state index is 5.09. The highest BCUT2D eigenvalue weighted by molar-refractivity contribution is 8.49. The van der Waals surface area contributed by atoms with Gasteiger partial charge in [0.15, 0.2) is 0 Å². The highest BCUT2D eigenvalue weighted by Crippen LogP contribution is 2.35. The van der Waals surface area contributed by atoms with Gasteiger partial charge in [0.25, 0.3) is 0 Å². The molecule has 0 amide bonds. The fourth-order valence-electron chi connectivity index (χ4n) is 0.747. The topological polar surface area (TPSA) is 0 Å². The molecule has 1 atom stereocenters. The molecule has 0 radical (unpaired) electrons. The predicted molar refractivity (Wildman–Crippen MR) is 64.0 cm³/mol. The predicted octanol–water partition coefficient (Wildman–Crippen LogP) is 3.26. The van der Waals surface area contributed by atoms with Gasteiger partial charge in [-0.05, 0) is 5.25 Å². The summed E-state index contributed by atoms with van der Waals surface area (Å²) in [5.41, 5.74) is 0. The van der Waals surface area contributed by atoms with Crippen molar-refractivity contribution in [1.82, 2.24) is 0 Å². The van der Waals surface area contributed by atoms with Crippen LogP contribution in [0, 0.1) is 0 Å². The van der Waals surface area contributed by atoms with E-state index < -0.39 is 0 Å². The van der Waals surface area contributed by atoms with Crippen molar-refractivity contribution in [2.75, 3.05) is 11.5 Å². The minimum Gasteiger partial charge on any atom is -0.158 e. The molecule has 0 aliphatic carbocycles. The normalized spacial score (nSPS) is 25.0. The molecule has 1 heterocycles. The van der Waals surface area contributed by atoms with Crippen LogP contribution in [0.1, 0.15) is 13.8 Å². The van der Waals surface area contributed by atoms with E-state index in [-0.39, 0.29) is 0 Å². The molecule has 1 aliphatic rings. The lowest BCUT2D eigenvalue weighted by Crippen LogP contribution is -2.06. The smallest absolute Gasteiger partial charge is 0.104 e. The van der Waals surface area contributed by atoms with Crippen LogP contribution in [-0.2, 0) is 0 Å². The molecule has 1 fully saturated rings. The first-order valence-electron chi connectivity index (χ1n) is 3.63. The number of rotatable bonds is 3. The summed E-state index contributed by atoms with van der Waals surface area (Å²) >= 11 is 10.8. The van der Waals surface area contributed by atoms with Crippen molar-refractivity contribution in [3.63, 3.8) is 0 Å². The quantitative estimate of drug-likeness (QED) is 0.675. The molecule has 0 spiro atoms. The van der Waals surface area contributed by atoms with Crippen LogP contribution in [0.2, 0.25) is 0 Å². The Kier molecular flexibility index (Phi) is 4.64. The van der Waals surface area contributed by atoms with Gasteiger partial charge in [-0.15, -0.1) is 23.5 Å². The highest BCUT2D eigenvalue weighted by Gasteiger charge is 2.20. The molecule has 0 aromatic carbocycles. The lowest BCUT2D eigenvalue weighted by Gasteiger charge is -2.08. The first-order chi connectivity index (χ1) is 5.18. The largest absolute Gasteiger partial charge is 0.158 e. The third-order valence-electron chi connectivity index (χ3n) is 1.27. The number of thioether (sulfide) groups is 3. The van der Waals surface area contributed by atoms with Gasteiger partial charge in [0.2, 0.25) is 0 Å². The first-order valence-corrected chi connectivity index (χ1v) is 6.95. The Labute approximate surface area is 86.7 Å². The van der Waals surface area contributed by atoms with Crippen LogP contribution in [-0.4, -0.2) is 25.5 Å². The van der Waals surface area contributed by atoms with E-state index >= 15 is 0 Å². The van der Waals surface area contributed by atoms with E-state index in [0.717, 1.165) is 14.0 Å². The Morgan fingerprint density at radius 3 is 2.91 bits per heavy atom. The summed E-state index contributed by atoms with van der Waals surface area (Å²) in [5, 5.41) is 1.54.